The summed E-state index contributed by atoms with van der Waals surface area (Å²) in [5.41, 5.74) is 2.14. The van der Waals surface area contributed by atoms with Crippen LogP contribution < -0.4 is 5.32 Å². The van der Waals surface area contributed by atoms with Crippen LogP contribution >= 0.6 is 0 Å². The number of carbonyl (C=O) groups excluding carboxylic acids is 1. The van der Waals surface area contributed by atoms with Crippen molar-refractivity contribution in [1.29, 1.82) is 0 Å². The van der Waals surface area contributed by atoms with Gasteiger partial charge in [0.2, 0.25) is 0 Å². The summed E-state index contributed by atoms with van der Waals surface area (Å²) in [5, 5.41) is 14.1. The van der Waals surface area contributed by atoms with Gasteiger partial charge in [-0.3, -0.25) is 9.79 Å². The van der Waals surface area contributed by atoms with Crippen LogP contribution in [0, 0.1) is 0 Å². The van der Waals surface area contributed by atoms with E-state index in [1.54, 1.807) is 12.1 Å². The van der Waals surface area contributed by atoms with E-state index >= 15 is 0 Å². The smallest absolute Gasteiger partial charge is 0.199 e. The molecule has 0 unspecified atom stereocenters. The first-order valence-electron chi connectivity index (χ1n) is 8.51. The van der Waals surface area contributed by atoms with Crippen LogP contribution in [-0.2, 0) is 0 Å². The number of benzene rings is 1. The summed E-state index contributed by atoms with van der Waals surface area (Å²) in [4.78, 5) is 17.5. The van der Waals surface area contributed by atoms with E-state index in [-0.39, 0.29) is 28.7 Å². The Morgan fingerprint density at radius 3 is 2.21 bits per heavy atom. The van der Waals surface area contributed by atoms with E-state index < -0.39 is 0 Å². The highest BCUT2D eigenvalue weighted by atomic mass is 16.3. The second kappa shape index (κ2) is 5.55. The molecular formula is C20H26N2O2. The molecule has 1 aromatic carbocycles. The Morgan fingerprint density at radius 1 is 1.12 bits per heavy atom. The summed E-state index contributed by atoms with van der Waals surface area (Å²) >= 11 is 0. The highest BCUT2D eigenvalue weighted by Gasteiger charge is 2.38. The fourth-order valence-electron chi connectivity index (χ4n) is 4.30. The van der Waals surface area contributed by atoms with Crippen molar-refractivity contribution in [2.45, 2.75) is 64.6 Å². The van der Waals surface area contributed by atoms with Crippen LogP contribution in [0.1, 0.15) is 63.4 Å². The summed E-state index contributed by atoms with van der Waals surface area (Å²) in [6.45, 7) is 10.5. The van der Waals surface area contributed by atoms with Crippen molar-refractivity contribution in [2.75, 3.05) is 0 Å². The number of carbonyl (C=O) groups is 1. The summed E-state index contributed by atoms with van der Waals surface area (Å²) in [6, 6.07) is 7.31. The van der Waals surface area contributed by atoms with Crippen LogP contribution in [0.2, 0.25) is 0 Å². The van der Waals surface area contributed by atoms with Gasteiger partial charge in [0.1, 0.15) is 5.76 Å². The number of hydrogen-bond donors (Lipinski definition) is 2. The Hall–Kier alpha value is -1.94. The second-order valence-corrected chi connectivity index (χ2v) is 8.27. The van der Waals surface area contributed by atoms with Gasteiger partial charge in [0.05, 0.1) is 11.6 Å². The molecular weight excluding hydrogens is 300 g/mol. The molecule has 128 valence electrons. The molecule has 0 amide bonds. The topological polar surface area (TPSA) is 61.7 Å². The molecule has 1 saturated heterocycles. The first-order valence-corrected chi connectivity index (χ1v) is 8.51. The Kier molecular flexibility index (Phi) is 3.91. The molecule has 0 saturated carbocycles. The van der Waals surface area contributed by atoms with Crippen LogP contribution in [0.5, 0.6) is 0 Å². The van der Waals surface area contributed by atoms with Gasteiger partial charge in [-0.2, -0.15) is 0 Å². The number of Topliss-reactive ketones (excluding diaryl/α,β-unsaturated/α-hetero) is 1. The number of nitrogens with one attached hydrogen (secondary N) is 1. The lowest BCUT2D eigenvalue weighted by atomic mass is 9.80. The molecule has 0 radical (unpaired) electrons. The number of nitrogens with zero attached hydrogens (tertiary/aromatic N) is 1. The zero-order chi connectivity index (χ0) is 17.7. The summed E-state index contributed by atoms with van der Waals surface area (Å²) in [5.74, 6) is -0.0684. The Bertz CT molecular complexity index is 741. The van der Waals surface area contributed by atoms with Crippen molar-refractivity contribution in [3.63, 3.8) is 0 Å². The quantitative estimate of drug-likeness (QED) is 0.810. The summed E-state index contributed by atoms with van der Waals surface area (Å²) in [6.07, 6.45) is 1.81. The van der Waals surface area contributed by atoms with Gasteiger partial charge in [-0.15, -0.1) is 0 Å². The Morgan fingerprint density at radius 2 is 1.67 bits per heavy atom. The molecule has 4 heteroatoms. The number of fused-ring (bicyclic) bond motifs is 1. The molecule has 1 aliphatic heterocycles. The molecule has 2 N–H and O–H groups in total. The van der Waals surface area contributed by atoms with Crippen LogP contribution in [0.4, 0.5) is 0 Å². The second-order valence-electron chi connectivity index (χ2n) is 8.27. The third-order valence-corrected chi connectivity index (χ3v) is 4.80. The number of allylic oxidation sites excluding steroid dienone is 1. The Balaban J connectivity index is 1.92. The van der Waals surface area contributed by atoms with Crippen molar-refractivity contribution in [3.05, 3.63) is 41.0 Å². The van der Waals surface area contributed by atoms with Crippen molar-refractivity contribution >= 4 is 17.3 Å². The van der Waals surface area contributed by atoms with E-state index in [1.807, 2.05) is 19.1 Å². The van der Waals surface area contributed by atoms with Gasteiger partial charge < -0.3 is 10.4 Å². The SMILES string of the molecule is CC(=NC1CC(C)(C)NC(C)(C)C1)C1=C(O)c2ccccc2C1=O. The fraction of sp³-hybridized carbons (Fsp3) is 0.500. The number of rotatable bonds is 2. The van der Waals surface area contributed by atoms with Crippen molar-refractivity contribution in [1.82, 2.24) is 5.32 Å². The zero-order valence-electron chi connectivity index (χ0n) is 15.1. The number of aliphatic imine (C=N–C) groups is 1. The van der Waals surface area contributed by atoms with Crippen molar-refractivity contribution in [2.24, 2.45) is 4.99 Å². The minimum atomic E-state index is -0.128. The van der Waals surface area contributed by atoms with Gasteiger partial charge in [0.25, 0.3) is 0 Å². The maximum Gasteiger partial charge on any atom is 0.199 e. The van der Waals surface area contributed by atoms with Gasteiger partial charge >= 0.3 is 0 Å². The minimum Gasteiger partial charge on any atom is -0.506 e. The van der Waals surface area contributed by atoms with Crippen LogP contribution in [0.3, 0.4) is 0 Å². The molecule has 0 bridgehead atoms. The zero-order valence-corrected chi connectivity index (χ0v) is 15.1. The summed E-state index contributed by atoms with van der Waals surface area (Å²) in [7, 11) is 0. The highest BCUT2D eigenvalue weighted by Crippen LogP contribution is 2.34. The maximum atomic E-state index is 12.6. The van der Waals surface area contributed by atoms with Gasteiger partial charge in [0.15, 0.2) is 5.78 Å². The van der Waals surface area contributed by atoms with Crippen LogP contribution in [0.15, 0.2) is 34.8 Å². The molecule has 1 fully saturated rings. The normalized spacial score (nSPS) is 23.5. The fourth-order valence-corrected chi connectivity index (χ4v) is 4.30. The monoisotopic (exact) mass is 326 g/mol. The Labute approximate surface area is 143 Å². The molecule has 0 atom stereocenters. The van der Waals surface area contributed by atoms with Crippen LogP contribution in [-0.4, -0.2) is 33.7 Å². The molecule has 0 spiro atoms. The largest absolute Gasteiger partial charge is 0.506 e. The van der Waals surface area contributed by atoms with E-state index in [0.717, 1.165) is 12.8 Å². The van der Waals surface area contributed by atoms with E-state index in [2.05, 4.69) is 33.0 Å². The minimum absolute atomic E-state index is 0.00469. The average molecular weight is 326 g/mol. The highest BCUT2D eigenvalue weighted by molar-refractivity contribution is 6.35. The van der Waals surface area contributed by atoms with Gasteiger partial charge in [-0.1, -0.05) is 24.3 Å². The lowest BCUT2D eigenvalue weighted by Crippen LogP contribution is -2.58. The van der Waals surface area contributed by atoms with Crippen molar-refractivity contribution in [3.8, 4) is 0 Å². The molecule has 4 nitrogen and oxygen atoms in total. The molecule has 1 aliphatic carbocycles. The molecule has 3 rings (SSSR count). The first kappa shape index (κ1) is 16.9. The molecule has 1 aromatic rings. The predicted molar refractivity (Wildman–Crippen MR) is 97.7 cm³/mol. The summed E-state index contributed by atoms with van der Waals surface area (Å²) < 4.78 is 0. The third-order valence-electron chi connectivity index (χ3n) is 4.80. The lowest BCUT2D eigenvalue weighted by Gasteiger charge is -2.45. The molecule has 0 aromatic heterocycles. The number of hydrogen-bond acceptors (Lipinski definition) is 4. The van der Waals surface area contributed by atoms with E-state index in [0.29, 0.717) is 22.4 Å². The standard InChI is InChI=1S/C20H26N2O2/c1-12(21-13-10-19(2,3)22-20(4,5)11-13)16-17(23)14-8-6-7-9-15(14)18(16)24/h6-9,13,22-23H,10-11H2,1-5H3. The van der Waals surface area contributed by atoms with Gasteiger partial charge in [0, 0.05) is 27.9 Å². The van der Waals surface area contributed by atoms with Gasteiger partial charge in [-0.25, -0.2) is 0 Å². The van der Waals surface area contributed by atoms with Crippen molar-refractivity contribution < 1.29 is 9.90 Å². The first-order chi connectivity index (χ1) is 11.1. The molecule has 1 heterocycles. The van der Waals surface area contributed by atoms with E-state index in [4.69, 9.17) is 4.99 Å². The van der Waals surface area contributed by atoms with Gasteiger partial charge in [-0.05, 0) is 47.5 Å². The number of aliphatic hydroxyl groups is 1. The van der Waals surface area contributed by atoms with E-state index in [9.17, 15) is 9.90 Å². The molecule has 2 aliphatic rings. The molecule has 24 heavy (non-hydrogen) atoms. The average Bonchev–Trinajstić information content (AvgIpc) is 2.68. The third kappa shape index (κ3) is 3.03. The lowest BCUT2D eigenvalue weighted by molar-refractivity contribution is 0.104. The maximum absolute atomic E-state index is 12.6. The van der Waals surface area contributed by atoms with Crippen LogP contribution in [0.25, 0.3) is 5.76 Å². The number of aliphatic hydroxyl groups excluding tert-OH is 1. The van der Waals surface area contributed by atoms with E-state index in [1.165, 1.54) is 0 Å². The predicted octanol–water partition coefficient (Wildman–Crippen LogP) is 3.92. The number of ketones is 1. The number of piperidine rings is 1.